The van der Waals surface area contributed by atoms with Gasteiger partial charge in [0, 0.05) is 15.4 Å². The van der Waals surface area contributed by atoms with Crippen LogP contribution in [0.4, 0.5) is 0 Å². The van der Waals surface area contributed by atoms with Gasteiger partial charge in [0.2, 0.25) is 0 Å². The minimum atomic E-state index is -1.01. The zero-order valence-corrected chi connectivity index (χ0v) is 14.6. The molecule has 3 aromatic carbocycles. The van der Waals surface area contributed by atoms with Gasteiger partial charge in [-0.2, -0.15) is 0 Å². The molecular formula is C21H17NO2S. The normalized spacial score (nSPS) is 11.7. The summed E-state index contributed by atoms with van der Waals surface area (Å²) in [5.41, 5.74) is 2.03. The molecule has 0 fully saturated rings. The van der Waals surface area contributed by atoms with Crippen LogP contribution in [0.25, 0.3) is 0 Å². The van der Waals surface area contributed by atoms with Crippen molar-refractivity contribution in [2.45, 2.75) is 22.8 Å². The number of nitroso groups, excluding NO2 is 1. The van der Waals surface area contributed by atoms with Crippen molar-refractivity contribution in [1.82, 2.24) is 0 Å². The van der Waals surface area contributed by atoms with E-state index in [2.05, 4.69) is 5.18 Å². The van der Waals surface area contributed by atoms with Crippen molar-refractivity contribution >= 4 is 17.5 Å². The van der Waals surface area contributed by atoms with Crippen LogP contribution in [0.1, 0.15) is 27.5 Å². The number of benzene rings is 3. The standard InChI is InChI=1S/C21H17NO2S/c1-15-7-5-6-10-19(15)20(22-24)21(23)16-11-13-18(14-12-16)25-17-8-3-2-4-9-17/h2-14,20H,1H3. The van der Waals surface area contributed by atoms with E-state index in [1.165, 1.54) is 0 Å². The van der Waals surface area contributed by atoms with E-state index < -0.39 is 6.04 Å². The molecule has 0 saturated heterocycles. The summed E-state index contributed by atoms with van der Waals surface area (Å²) < 4.78 is 0. The molecule has 0 aliphatic carbocycles. The lowest BCUT2D eigenvalue weighted by Gasteiger charge is -2.11. The molecule has 4 heteroatoms. The monoisotopic (exact) mass is 347 g/mol. The van der Waals surface area contributed by atoms with Crippen LogP contribution in [-0.4, -0.2) is 5.78 Å². The highest BCUT2D eigenvalue weighted by Crippen LogP contribution is 2.29. The predicted molar refractivity (Wildman–Crippen MR) is 101 cm³/mol. The molecule has 0 aromatic heterocycles. The van der Waals surface area contributed by atoms with E-state index in [1.807, 2.05) is 67.6 Å². The maximum atomic E-state index is 12.7. The van der Waals surface area contributed by atoms with E-state index in [0.717, 1.165) is 15.4 Å². The number of ketones is 1. The van der Waals surface area contributed by atoms with Gasteiger partial charge < -0.3 is 0 Å². The van der Waals surface area contributed by atoms with Crippen LogP contribution in [0.15, 0.2) is 93.8 Å². The second-order valence-corrected chi connectivity index (χ2v) is 6.82. The summed E-state index contributed by atoms with van der Waals surface area (Å²) in [5, 5.41) is 3.08. The van der Waals surface area contributed by atoms with Gasteiger partial charge in [0.15, 0.2) is 11.8 Å². The number of aryl methyl sites for hydroxylation is 1. The van der Waals surface area contributed by atoms with E-state index in [4.69, 9.17) is 0 Å². The molecule has 0 aliphatic rings. The summed E-state index contributed by atoms with van der Waals surface area (Å²) in [7, 11) is 0. The van der Waals surface area contributed by atoms with E-state index >= 15 is 0 Å². The maximum Gasteiger partial charge on any atom is 0.195 e. The van der Waals surface area contributed by atoms with Crippen molar-refractivity contribution in [2.24, 2.45) is 5.18 Å². The lowest BCUT2D eigenvalue weighted by atomic mass is 9.95. The minimum absolute atomic E-state index is 0.277. The van der Waals surface area contributed by atoms with Gasteiger partial charge in [-0.15, -0.1) is 4.91 Å². The zero-order chi connectivity index (χ0) is 17.6. The summed E-state index contributed by atoms with van der Waals surface area (Å²) in [6.07, 6.45) is 0. The zero-order valence-electron chi connectivity index (χ0n) is 13.8. The van der Waals surface area contributed by atoms with Crippen molar-refractivity contribution in [3.63, 3.8) is 0 Å². The van der Waals surface area contributed by atoms with Crippen molar-refractivity contribution < 1.29 is 4.79 Å². The summed E-state index contributed by atoms with van der Waals surface area (Å²) in [4.78, 5) is 26.2. The molecule has 124 valence electrons. The Morgan fingerprint density at radius 1 is 0.840 bits per heavy atom. The van der Waals surface area contributed by atoms with E-state index in [1.54, 1.807) is 30.0 Å². The Morgan fingerprint density at radius 3 is 2.08 bits per heavy atom. The first-order valence-corrected chi connectivity index (χ1v) is 8.76. The average Bonchev–Trinajstić information content (AvgIpc) is 2.65. The molecule has 3 nitrogen and oxygen atoms in total. The summed E-state index contributed by atoms with van der Waals surface area (Å²) in [6.45, 7) is 1.88. The molecule has 1 unspecified atom stereocenters. The largest absolute Gasteiger partial charge is 0.291 e. The lowest BCUT2D eigenvalue weighted by molar-refractivity contribution is 0.0961. The fraction of sp³-hybridized carbons (Fsp3) is 0.0952. The van der Waals surface area contributed by atoms with Crippen LogP contribution in [-0.2, 0) is 0 Å². The molecule has 3 rings (SSSR count). The Kier molecular flexibility index (Phi) is 5.41. The Hall–Kier alpha value is -2.72. The second kappa shape index (κ2) is 7.90. The van der Waals surface area contributed by atoms with Gasteiger partial charge in [-0.1, -0.05) is 71.5 Å². The summed E-state index contributed by atoms with van der Waals surface area (Å²) in [6, 6.07) is 23.7. The first kappa shape index (κ1) is 17.1. The number of hydrogen-bond donors (Lipinski definition) is 0. The molecular weight excluding hydrogens is 330 g/mol. The van der Waals surface area contributed by atoms with Crippen LogP contribution < -0.4 is 0 Å². The number of nitrogens with zero attached hydrogens (tertiary/aromatic N) is 1. The highest BCUT2D eigenvalue weighted by molar-refractivity contribution is 7.99. The number of Topliss-reactive ketones (excluding diaryl/α,β-unsaturated/α-hetero) is 1. The molecule has 0 spiro atoms. The molecule has 0 amide bonds. The molecule has 0 bridgehead atoms. The van der Waals surface area contributed by atoms with E-state index in [9.17, 15) is 9.70 Å². The van der Waals surface area contributed by atoms with E-state index in [-0.39, 0.29) is 5.78 Å². The van der Waals surface area contributed by atoms with Crippen molar-refractivity contribution in [1.29, 1.82) is 0 Å². The number of rotatable bonds is 6. The molecule has 0 aliphatic heterocycles. The second-order valence-electron chi connectivity index (χ2n) is 5.67. The van der Waals surface area contributed by atoms with Crippen molar-refractivity contribution in [2.75, 3.05) is 0 Å². The van der Waals surface area contributed by atoms with Gasteiger partial charge in [0.1, 0.15) is 0 Å². The van der Waals surface area contributed by atoms with E-state index in [0.29, 0.717) is 11.1 Å². The first-order chi connectivity index (χ1) is 12.2. The van der Waals surface area contributed by atoms with Gasteiger partial charge in [0.05, 0.1) is 0 Å². The maximum absolute atomic E-state index is 12.7. The van der Waals surface area contributed by atoms with Gasteiger partial charge in [-0.25, -0.2) is 0 Å². The summed E-state index contributed by atoms with van der Waals surface area (Å²) in [5.74, 6) is -0.277. The van der Waals surface area contributed by atoms with Crippen molar-refractivity contribution in [3.8, 4) is 0 Å². The lowest BCUT2D eigenvalue weighted by Crippen LogP contribution is -2.11. The predicted octanol–water partition coefficient (Wildman–Crippen LogP) is 5.84. The topological polar surface area (TPSA) is 46.5 Å². The van der Waals surface area contributed by atoms with Crippen molar-refractivity contribution in [3.05, 3.63) is 100 Å². The molecule has 0 radical (unpaired) electrons. The highest BCUT2D eigenvalue weighted by Gasteiger charge is 2.24. The first-order valence-electron chi connectivity index (χ1n) is 7.94. The number of carbonyl (C=O) groups is 1. The van der Waals surface area contributed by atoms with Crippen LogP contribution >= 0.6 is 11.8 Å². The SMILES string of the molecule is Cc1ccccc1C(N=O)C(=O)c1ccc(Sc2ccccc2)cc1. The fourth-order valence-electron chi connectivity index (χ4n) is 2.61. The Balaban J connectivity index is 1.80. The molecule has 0 N–H and O–H groups in total. The smallest absolute Gasteiger partial charge is 0.195 e. The quantitative estimate of drug-likeness (QED) is 0.416. The van der Waals surface area contributed by atoms with Gasteiger partial charge in [-0.3, -0.25) is 4.79 Å². The third-order valence-electron chi connectivity index (χ3n) is 3.95. The van der Waals surface area contributed by atoms with Crippen LogP contribution in [0.3, 0.4) is 0 Å². The summed E-state index contributed by atoms with van der Waals surface area (Å²) >= 11 is 1.62. The van der Waals surface area contributed by atoms with Crippen LogP contribution in [0.5, 0.6) is 0 Å². The average molecular weight is 347 g/mol. The Labute approximate surface area is 151 Å². The van der Waals surface area contributed by atoms with Crippen LogP contribution in [0, 0.1) is 11.8 Å². The molecule has 1 atom stereocenters. The molecule has 25 heavy (non-hydrogen) atoms. The third kappa shape index (κ3) is 4.03. The minimum Gasteiger partial charge on any atom is -0.291 e. The Bertz CT molecular complexity index is 876. The Morgan fingerprint density at radius 2 is 1.44 bits per heavy atom. The van der Waals surface area contributed by atoms with Gasteiger partial charge in [-0.05, 0) is 42.3 Å². The molecule has 3 aromatic rings. The third-order valence-corrected chi connectivity index (χ3v) is 4.97. The molecule has 0 saturated carbocycles. The van der Waals surface area contributed by atoms with Crippen LogP contribution in [0.2, 0.25) is 0 Å². The highest BCUT2D eigenvalue weighted by atomic mass is 32.2. The van der Waals surface area contributed by atoms with Gasteiger partial charge in [0.25, 0.3) is 0 Å². The number of hydrogen-bond acceptors (Lipinski definition) is 4. The molecule has 0 heterocycles. The van der Waals surface area contributed by atoms with Gasteiger partial charge >= 0.3 is 0 Å². The number of carbonyl (C=O) groups excluding carboxylic acids is 1. The fourth-order valence-corrected chi connectivity index (χ4v) is 3.45.